The van der Waals surface area contributed by atoms with E-state index in [-0.39, 0.29) is 0 Å². The quantitative estimate of drug-likeness (QED) is 0.397. The number of rotatable bonds is 12. The Morgan fingerprint density at radius 2 is 1.59 bits per heavy atom. The molecule has 0 radical (unpaired) electrons. The van der Waals surface area contributed by atoms with Gasteiger partial charge >= 0.3 is 7.60 Å². The van der Waals surface area contributed by atoms with Gasteiger partial charge in [-0.3, -0.25) is 4.57 Å². The van der Waals surface area contributed by atoms with Gasteiger partial charge in [0.05, 0.1) is 26.5 Å². The molecule has 0 atom stereocenters. The third kappa shape index (κ3) is 6.95. The van der Waals surface area contributed by atoms with E-state index in [0.29, 0.717) is 25.8 Å². The number of para-hydroxylation sites is 1. The van der Waals surface area contributed by atoms with Gasteiger partial charge in [-0.1, -0.05) is 44.9 Å². The van der Waals surface area contributed by atoms with Crippen LogP contribution < -0.4 is 4.74 Å². The van der Waals surface area contributed by atoms with Crippen molar-refractivity contribution in [3.63, 3.8) is 0 Å². The predicted octanol–water partition coefficient (Wildman–Crippen LogP) is 5.06. The molecule has 4 nitrogen and oxygen atoms in total. The molecule has 5 heteroatoms. The lowest BCUT2D eigenvalue weighted by molar-refractivity contribution is 0.200. The molecule has 0 aliphatic heterocycles. The van der Waals surface area contributed by atoms with E-state index in [9.17, 15) is 4.57 Å². The second-order valence-corrected chi connectivity index (χ2v) is 7.46. The Balaban J connectivity index is 2.64. The van der Waals surface area contributed by atoms with Crippen LogP contribution in [0, 0.1) is 0 Å². The molecule has 0 saturated heterocycles. The molecule has 1 aromatic rings. The minimum Gasteiger partial charge on any atom is -0.496 e. The molecule has 1 aromatic carbocycles. The second kappa shape index (κ2) is 10.8. The van der Waals surface area contributed by atoms with Gasteiger partial charge in [0.2, 0.25) is 0 Å². The first-order valence-corrected chi connectivity index (χ1v) is 9.88. The van der Waals surface area contributed by atoms with E-state index >= 15 is 0 Å². The number of ether oxygens (including phenoxy) is 1. The summed E-state index contributed by atoms with van der Waals surface area (Å²) < 4.78 is 29.4. The predicted molar refractivity (Wildman–Crippen MR) is 90.9 cm³/mol. The highest BCUT2D eigenvalue weighted by atomic mass is 31.2. The van der Waals surface area contributed by atoms with Gasteiger partial charge in [-0.05, 0) is 30.9 Å². The first kappa shape index (κ1) is 19.2. The van der Waals surface area contributed by atoms with Crippen molar-refractivity contribution in [2.24, 2.45) is 0 Å². The summed E-state index contributed by atoms with van der Waals surface area (Å²) in [4.78, 5) is 0. The standard InChI is InChI=1S/C17H29O4P/c1-4-6-13-20-22(18,21-14-7-5-2)15-12-16-10-8-9-11-17(16)19-3/h8-11H,4-7,12-15H2,1-3H3. The van der Waals surface area contributed by atoms with Gasteiger partial charge in [0.15, 0.2) is 0 Å². The third-order valence-electron chi connectivity index (χ3n) is 3.42. The molecule has 126 valence electrons. The van der Waals surface area contributed by atoms with Gasteiger partial charge in [0.1, 0.15) is 5.75 Å². The number of aryl methyl sites for hydroxylation is 1. The monoisotopic (exact) mass is 328 g/mol. The summed E-state index contributed by atoms with van der Waals surface area (Å²) in [5.41, 5.74) is 1.03. The fourth-order valence-electron chi connectivity index (χ4n) is 2.03. The largest absolute Gasteiger partial charge is 0.496 e. The van der Waals surface area contributed by atoms with Gasteiger partial charge in [-0.25, -0.2) is 0 Å². The number of hydrogen-bond donors (Lipinski definition) is 0. The van der Waals surface area contributed by atoms with Crippen molar-refractivity contribution < 1.29 is 18.3 Å². The second-order valence-electron chi connectivity index (χ2n) is 5.27. The summed E-state index contributed by atoms with van der Waals surface area (Å²) in [7, 11) is -1.38. The fourth-order valence-corrected chi connectivity index (χ4v) is 3.69. The Kier molecular flexibility index (Phi) is 9.45. The fraction of sp³-hybridized carbons (Fsp3) is 0.647. The average Bonchev–Trinajstić information content (AvgIpc) is 2.54. The summed E-state index contributed by atoms with van der Waals surface area (Å²) in [5.74, 6) is 0.816. The molecule has 0 aromatic heterocycles. The number of benzene rings is 1. The van der Waals surface area contributed by atoms with Crippen LogP contribution in [0.3, 0.4) is 0 Å². The Hall–Kier alpha value is -0.830. The summed E-state index contributed by atoms with van der Waals surface area (Å²) in [6.07, 6.45) is 4.84. The molecule has 0 N–H and O–H groups in total. The maximum absolute atomic E-state index is 12.9. The van der Waals surface area contributed by atoms with E-state index in [1.807, 2.05) is 24.3 Å². The van der Waals surface area contributed by atoms with Crippen molar-refractivity contribution in [1.82, 2.24) is 0 Å². The number of hydrogen-bond acceptors (Lipinski definition) is 4. The molecule has 0 saturated carbocycles. The van der Waals surface area contributed by atoms with E-state index in [0.717, 1.165) is 37.0 Å². The van der Waals surface area contributed by atoms with E-state index in [2.05, 4.69) is 13.8 Å². The van der Waals surface area contributed by atoms with Crippen molar-refractivity contribution >= 4 is 7.60 Å². The molecule has 0 unspecified atom stereocenters. The lowest BCUT2D eigenvalue weighted by Gasteiger charge is -2.19. The van der Waals surface area contributed by atoms with Crippen LogP contribution in [0.25, 0.3) is 0 Å². The van der Waals surface area contributed by atoms with Crippen LogP contribution in [-0.4, -0.2) is 26.5 Å². The molecule has 22 heavy (non-hydrogen) atoms. The van der Waals surface area contributed by atoms with E-state index in [1.54, 1.807) is 7.11 Å². The van der Waals surface area contributed by atoms with Crippen LogP contribution in [0.1, 0.15) is 45.1 Å². The Morgan fingerprint density at radius 3 is 2.14 bits per heavy atom. The zero-order valence-corrected chi connectivity index (χ0v) is 14.9. The Bertz CT molecular complexity index is 448. The molecule has 0 spiro atoms. The lowest BCUT2D eigenvalue weighted by atomic mass is 10.1. The highest BCUT2D eigenvalue weighted by molar-refractivity contribution is 7.53. The highest BCUT2D eigenvalue weighted by Crippen LogP contribution is 2.49. The minimum atomic E-state index is -3.03. The van der Waals surface area contributed by atoms with Crippen molar-refractivity contribution in [3.05, 3.63) is 29.8 Å². The third-order valence-corrected chi connectivity index (χ3v) is 5.34. The SMILES string of the molecule is CCCCOP(=O)(CCc1ccccc1OC)OCCCC. The maximum Gasteiger partial charge on any atom is 0.331 e. The number of methoxy groups -OCH3 is 1. The first-order chi connectivity index (χ1) is 10.6. The molecular formula is C17H29O4P. The topological polar surface area (TPSA) is 44.8 Å². The van der Waals surface area contributed by atoms with Gasteiger partial charge in [0, 0.05) is 0 Å². The van der Waals surface area contributed by atoms with Crippen LogP contribution in [-0.2, 0) is 20.0 Å². The van der Waals surface area contributed by atoms with Crippen LogP contribution in [0.2, 0.25) is 0 Å². The van der Waals surface area contributed by atoms with Crippen LogP contribution >= 0.6 is 7.60 Å². The van der Waals surface area contributed by atoms with Gasteiger partial charge < -0.3 is 13.8 Å². The van der Waals surface area contributed by atoms with Gasteiger partial charge in [-0.15, -0.1) is 0 Å². The smallest absolute Gasteiger partial charge is 0.331 e. The maximum atomic E-state index is 12.9. The summed E-state index contributed by atoms with van der Waals surface area (Å²) >= 11 is 0. The van der Waals surface area contributed by atoms with E-state index in [1.165, 1.54) is 0 Å². The Labute approximate surface area is 134 Å². The lowest BCUT2D eigenvalue weighted by Crippen LogP contribution is -2.05. The van der Waals surface area contributed by atoms with Crippen molar-refractivity contribution in [3.8, 4) is 5.75 Å². The molecule has 0 heterocycles. The molecule has 1 rings (SSSR count). The normalized spacial score (nSPS) is 11.6. The molecular weight excluding hydrogens is 299 g/mol. The van der Waals surface area contributed by atoms with Crippen LogP contribution in [0.5, 0.6) is 5.75 Å². The summed E-state index contributed by atoms with van der Waals surface area (Å²) in [6, 6.07) is 7.79. The highest BCUT2D eigenvalue weighted by Gasteiger charge is 2.24. The zero-order chi connectivity index (χ0) is 16.3. The molecule has 0 aliphatic carbocycles. The van der Waals surface area contributed by atoms with Crippen molar-refractivity contribution in [2.45, 2.75) is 46.0 Å². The van der Waals surface area contributed by atoms with Crippen molar-refractivity contribution in [2.75, 3.05) is 26.5 Å². The van der Waals surface area contributed by atoms with Crippen molar-refractivity contribution in [1.29, 1.82) is 0 Å². The zero-order valence-electron chi connectivity index (χ0n) is 14.0. The first-order valence-electron chi connectivity index (χ1n) is 8.15. The van der Waals surface area contributed by atoms with E-state index in [4.69, 9.17) is 13.8 Å². The Morgan fingerprint density at radius 1 is 1.00 bits per heavy atom. The van der Waals surface area contributed by atoms with Gasteiger partial charge in [0.25, 0.3) is 0 Å². The van der Waals surface area contributed by atoms with Crippen LogP contribution in [0.15, 0.2) is 24.3 Å². The molecule has 0 amide bonds. The summed E-state index contributed by atoms with van der Waals surface area (Å²) in [5, 5.41) is 0. The van der Waals surface area contributed by atoms with Crippen LogP contribution in [0.4, 0.5) is 0 Å². The number of unbranched alkanes of at least 4 members (excludes halogenated alkanes) is 2. The summed E-state index contributed by atoms with van der Waals surface area (Å²) in [6.45, 7) is 5.15. The molecule has 0 fully saturated rings. The molecule has 0 aliphatic rings. The minimum absolute atomic E-state index is 0.390. The van der Waals surface area contributed by atoms with E-state index < -0.39 is 7.60 Å². The van der Waals surface area contributed by atoms with Gasteiger partial charge in [-0.2, -0.15) is 0 Å². The molecule has 0 bridgehead atoms. The average molecular weight is 328 g/mol.